The molecular formula is C18H24O4. The van der Waals surface area contributed by atoms with Crippen molar-refractivity contribution in [2.24, 2.45) is 0 Å². The van der Waals surface area contributed by atoms with Gasteiger partial charge >= 0.3 is 5.97 Å². The molecule has 0 fully saturated rings. The van der Waals surface area contributed by atoms with Crippen LogP contribution in [0.4, 0.5) is 0 Å². The Morgan fingerprint density at radius 3 is 2.00 bits per heavy atom. The lowest BCUT2D eigenvalue weighted by molar-refractivity contribution is -0.135. The Labute approximate surface area is 131 Å². The molecule has 4 nitrogen and oxygen atoms in total. The van der Waals surface area contributed by atoms with Crippen molar-refractivity contribution < 1.29 is 20.1 Å². The largest absolute Gasteiger partial charge is 0.507 e. The van der Waals surface area contributed by atoms with E-state index in [-0.39, 0.29) is 16.6 Å². The van der Waals surface area contributed by atoms with Crippen molar-refractivity contribution in [3.05, 3.63) is 34.1 Å². The van der Waals surface area contributed by atoms with Crippen molar-refractivity contribution in [1.82, 2.24) is 0 Å². The maximum atomic E-state index is 11.0. The Morgan fingerprint density at radius 1 is 1.05 bits per heavy atom. The molecule has 3 N–H and O–H groups in total. The third kappa shape index (κ3) is 2.47. The molecule has 120 valence electrons. The molecule has 2 rings (SSSR count). The number of rotatable bonds is 1. The lowest BCUT2D eigenvalue weighted by Crippen LogP contribution is -2.25. The summed E-state index contributed by atoms with van der Waals surface area (Å²) in [5, 5.41) is 29.5. The van der Waals surface area contributed by atoms with Gasteiger partial charge in [-0.15, -0.1) is 0 Å². The number of carboxylic acids is 1. The fourth-order valence-electron chi connectivity index (χ4n) is 3.05. The van der Waals surface area contributed by atoms with E-state index in [4.69, 9.17) is 5.11 Å². The summed E-state index contributed by atoms with van der Waals surface area (Å²) in [5.74, 6) is -1.63. The number of aliphatic carboxylic acids is 1. The van der Waals surface area contributed by atoms with E-state index in [1.165, 1.54) is 0 Å². The molecule has 1 aliphatic carbocycles. The van der Waals surface area contributed by atoms with Crippen LogP contribution in [0.25, 0.3) is 5.57 Å². The zero-order valence-electron chi connectivity index (χ0n) is 14.0. The number of aromatic hydroxyl groups is 1. The van der Waals surface area contributed by atoms with Gasteiger partial charge in [0, 0.05) is 23.1 Å². The van der Waals surface area contributed by atoms with Crippen molar-refractivity contribution >= 4 is 11.5 Å². The van der Waals surface area contributed by atoms with Gasteiger partial charge in [-0.2, -0.15) is 0 Å². The molecule has 22 heavy (non-hydrogen) atoms. The Hall–Kier alpha value is -1.97. The minimum Gasteiger partial charge on any atom is -0.507 e. The summed E-state index contributed by atoms with van der Waals surface area (Å²) in [7, 11) is 0. The molecule has 0 aliphatic heterocycles. The SMILES string of the molecule is CC(C)(C)c1cc2c(c(C(C)(C)C)c1O)CC2=C(O)C(=O)O. The monoisotopic (exact) mass is 304 g/mol. The zero-order valence-corrected chi connectivity index (χ0v) is 14.0. The second-order valence-corrected chi connectivity index (χ2v) is 7.98. The van der Waals surface area contributed by atoms with Crippen molar-refractivity contribution in [3.63, 3.8) is 0 Å². The summed E-state index contributed by atoms with van der Waals surface area (Å²) in [5.41, 5.74) is 3.19. The Balaban J connectivity index is 2.81. The van der Waals surface area contributed by atoms with Crippen LogP contribution in [0.3, 0.4) is 0 Å². The zero-order chi connectivity index (χ0) is 17.0. The first kappa shape index (κ1) is 16.4. The van der Waals surface area contributed by atoms with Gasteiger partial charge in [0.05, 0.1) is 0 Å². The van der Waals surface area contributed by atoms with Crippen LogP contribution < -0.4 is 0 Å². The van der Waals surface area contributed by atoms with Crippen LogP contribution in [-0.2, 0) is 22.0 Å². The second-order valence-electron chi connectivity index (χ2n) is 7.98. The van der Waals surface area contributed by atoms with E-state index in [0.29, 0.717) is 12.0 Å². The van der Waals surface area contributed by atoms with Crippen molar-refractivity contribution in [3.8, 4) is 5.75 Å². The number of phenolic OH excluding ortho intramolecular Hbond substituents is 1. The standard InChI is InChI=1S/C18H24O4/c1-17(2,3)12-8-9-10(7-11(9)14(19)16(21)22)13(15(12)20)18(4,5)6/h8,19-20H,7H2,1-6H3,(H,21,22). The average Bonchev–Trinajstić information content (AvgIpc) is 2.28. The molecule has 0 heterocycles. The van der Waals surface area contributed by atoms with Gasteiger partial charge in [-0.1, -0.05) is 41.5 Å². The lowest BCUT2D eigenvalue weighted by atomic mass is 9.68. The second kappa shape index (κ2) is 4.77. The van der Waals surface area contributed by atoms with E-state index in [1.807, 2.05) is 47.6 Å². The number of allylic oxidation sites excluding steroid dienone is 1. The summed E-state index contributed by atoms with van der Waals surface area (Å²) in [6.07, 6.45) is 0.373. The number of aliphatic hydroxyl groups is 1. The molecule has 0 atom stereocenters. The molecule has 0 saturated carbocycles. The molecule has 0 amide bonds. The van der Waals surface area contributed by atoms with Crippen molar-refractivity contribution in [1.29, 1.82) is 0 Å². The molecule has 0 spiro atoms. The topological polar surface area (TPSA) is 77.8 Å². The molecule has 1 aromatic carbocycles. The molecule has 0 radical (unpaired) electrons. The van der Waals surface area contributed by atoms with E-state index in [9.17, 15) is 15.0 Å². The van der Waals surface area contributed by atoms with Gasteiger partial charge in [-0.05, 0) is 28.0 Å². The van der Waals surface area contributed by atoms with Crippen LogP contribution in [0, 0.1) is 0 Å². The van der Waals surface area contributed by atoms with Crippen molar-refractivity contribution in [2.45, 2.75) is 58.8 Å². The third-order valence-corrected chi connectivity index (χ3v) is 4.13. The van der Waals surface area contributed by atoms with Crippen LogP contribution in [0.1, 0.15) is 63.8 Å². The van der Waals surface area contributed by atoms with Crippen LogP contribution in [0.15, 0.2) is 11.8 Å². The number of aliphatic hydroxyl groups excluding tert-OH is 1. The van der Waals surface area contributed by atoms with Gasteiger partial charge < -0.3 is 15.3 Å². The first-order valence-electron chi connectivity index (χ1n) is 7.41. The van der Waals surface area contributed by atoms with Gasteiger partial charge in [0.1, 0.15) is 5.75 Å². The number of carboxylic acid groups (broad SMARTS) is 1. The summed E-state index contributed by atoms with van der Waals surface area (Å²) >= 11 is 0. The van der Waals surface area contributed by atoms with E-state index in [1.54, 1.807) is 0 Å². The number of carbonyl (C=O) groups is 1. The summed E-state index contributed by atoms with van der Waals surface area (Å²) in [6, 6.07) is 1.82. The highest BCUT2D eigenvalue weighted by Crippen LogP contribution is 2.49. The van der Waals surface area contributed by atoms with E-state index < -0.39 is 11.7 Å². The van der Waals surface area contributed by atoms with Gasteiger partial charge in [0.2, 0.25) is 5.76 Å². The van der Waals surface area contributed by atoms with Gasteiger partial charge in [0.25, 0.3) is 0 Å². The Kier molecular flexibility index (Phi) is 3.55. The first-order valence-corrected chi connectivity index (χ1v) is 7.41. The minimum atomic E-state index is -1.32. The number of fused-ring (bicyclic) bond motifs is 1. The fraction of sp³-hybridized carbons (Fsp3) is 0.500. The smallest absolute Gasteiger partial charge is 0.371 e. The Morgan fingerprint density at radius 2 is 1.59 bits per heavy atom. The minimum absolute atomic E-state index is 0.264. The third-order valence-electron chi connectivity index (χ3n) is 4.13. The van der Waals surface area contributed by atoms with Crippen LogP contribution in [-0.4, -0.2) is 21.3 Å². The molecular weight excluding hydrogens is 280 g/mol. The highest BCUT2D eigenvalue weighted by Gasteiger charge is 2.37. The van der Waals surface area contributed by atoms with Crippen LogP contribution in [0.2, 0.25) is 0 Å². The van der Waals surface area contributed by atoms with E-state index in [2.05, 4.69) is 0 Å². The number of hydrogen-bond acceptors (Lipinski definition) is 3. The number of benzene rings is 1. The summed E-state index contributed by atoms with van der Waals surface area (Å²) in [4.78, 5) is 11.0. The molecule has 0 saturated heterocycles. The van der Waals surface area contributed by atoms with Crippen molar-refractivity contribution in [2.75, 3.05) is 0 Å². The first-order chi connectivity index (χ1) is 9.85. The highest BCUT2D eigenvalue weighted by atomic mass is 16.4. The van der Waals surface area contributed by atoms with Gasteiger partial charge in [-0.25, -0.2) is 4.79 Å². The molecule has 1 aromatic rings. The van der Waals surface area contributed by atoms with Crippen LogP contribution >= 0.6 is 0 Å². The predicted octanol–water partition coefficient (Wildman–Crippen LogP) is 3.90. The quantitative estimate of drug-likeness (QED) is 0.543. The van der Waals surface area contributed by atoms with Gasteiger partial charge in [0.15, 0.2) is 0 Å². The number of phenols is 1. The average molecular weight is 304 g/mol. The maximum absolute atomic E-state index is 11.0. The normalized spacial score (nSPS) is 16.8. The fourth-order valence-corrected chi connectivity index (χ4v) is 3.05. The molecule has 0 bridgehead atoms. The molecule has 0 aromatic heterocycles. The molecule has 4 heteroatoms. The molecule has 1 aliphatic rings. The maximum Gasteiger partial charge on any atom is 0.371 e. The van der Waals surface area contributed by atoms with E-state index in [0.717, 1.165) is 22.3 Å². The number of hydrogen-bond donors (Lipinski definition) is 3. The lowest BCUT2D eigenvalue weighted by Gasteiger charge is -2.36. The summed E-state index contributed by atoms with van der Waals surface area (Å²) in [6.45, 7) is 12.1. The predicted molar refractivity (Wildman–Crippen MR) is 86.4 cm³/mol. The highest BCUT2D eigenvalue weighted by molar-refractivity contribution is 5.98. The van der Waals surface area contributed by atoms with E-state index >= 15 is 0 Å². The van der Waals surface area contributed by atoms with Crippen LogP contribution in [0.5, 0.6) is 5.75 Å². The molecule has 0 unspecified atom stereocenters. The van der Waals surface area contributed by atoms with Gasteiger partial charge in [-0.3, -0.25) is 0 Å². The Bertz CT molecular complexity index is 683. The summed E-state index contributed by atoms with van der Waals surface area (Å²) < 4.78 is 0.